The molecule has 0 radical (unpaired) electrons. The average molecular weight is 742 g/mol. The zero-order chi connectivity index (χ0) is 38.2. The molecule has 8 atom stereocenters. The van der Waals surface area contributed by atoms with Crippen molar-refractivity contribution in [2.75, 3.05) is 13.2 Å². The molecule has 1 aliphatic heterocycles. The van der Waals surface area contributed by atoms with Gasteiger partial charge in [-0.05, 0) is 32.1 Å². The molecule has 1 rings (SSSR count). The Morgan fingerprint density at radius 1 is 0.654 bits per heavy atom. The van der Waals surface area contributed by atoms with Gasteiger partial charge in [0.2, 0.25) is 5.91 Å². The van der Waals surface area contributed by atoms with Crippen LogP contribution in [-0.4, -0.2) is 98.7 Å². The predicted molar refractivity (Wildman–Crippen MR) is 209 cm³/mol. The molecule has 0 bridgehead atoms. The first-order valence-electron chi connectivity index (χ1n) is 21.2. The summed E-state index contributed by atoms with van der Waals surface area (Å²) in [5.74, 6) is -0.627. The summed E-state index contributed by atoms with van der Waals surface area (Å²) in [5, 5.41) is 64.4. The topological polar surface area (TPSA) is 169 Å². The number of aliphatic hydroxyl groups is 6. The number of hydrogen-bond acceptors (Lipinski definition) is 9. The van der Waals surface area contributed by atoms with Crippen molar-refractivity contribution in [2.45, 2.75) is 223 Å². The molecule has 1 unspecified atom stereocenters. The van der Waals surface area contributed by atoms with Crippen molar-refractivity contribution < 1.29 is 44.9 Å². The van der Waals surface area contributed by atoms with Crippen LogP contribution < -0.4 is 5.32 Å². The smallest absolute Gasteiger partial charge is 0.249 e. The van der Waals surface area contributed by atoms with Crippen molar-refractivity contribution in [3.8, 4) is 0 Å². The highest BCUT2D eigenvalue weighted by Gasteiger charge is 2.44. The first-order chi connectivity index (χ1) is 25.3. The van der Waals surface area contributed by atoms with E-state index in [0.29, 0.717) is 19.3 Å². The monoisotopic (exact) mass is 742 g/mol. The largest absolute Gasteiger partial charge is 0.394 e. The van der Waals surface area contributed by atoms with Gasteiger partial charge in [-0.1, -0.05) is 167 Å². The predicted octanol–water partition coefficient (Wildman–Crippen LogP) is 6.91. The van der Waals surface area contributed by atoms with E-state index in [9.17, 15) is 35.4 Å². The number of hydrogen-bond donors (Lipinski definition) is 7. The molecule has 0 saturated carbocycles. The summed E-state index contributed by atoms with van der Waals surface area (Å²) in [6.07, 6.45) is 26.9. The zero-order valence-corrected chi connectivity index (χ0v) is 32.9. The second-order valence-electron chi connectivity index (χ2n) is 14.9. The number of carbonyl (C=O) groups is 1. The summed E-state index contributed by atoms with van der Waals surface area (Å²) in [7, 11) is 0. The lowest BCUT2D eigenvalue weighted by molar-refractivity contribution is -0.302. The lowest BCUT2D eigenvalue weighted by Crippen LogP contribution is -2.60. The van der Waals surface area contributed by atoms with Crippen LogP contribution in [0.15, 0.2) is 24.3 Å². The molecular weight excluding hydrogens is 662 g/mol. The van der Waals surface area contributed by atoms with Gasteiger partial charge in [-0.2, -0.15) is 0 Å². The minimum Gasteiger partial charge on any atom is -0.394 e. The molecule has 0 aromatic rings. The van der Waals surface area contributed by atoms with Crippen molar-refractivity contribution >= 4 is 5.91 Å². The fourth-order valence-electron chi connectivity index (χ4n) is 6.59. The van der Waals surface area contributed by atoms with Crippen molar-refractivity contribution in [2.24, 2.45) is 0 Å². The molecule has 0 aliphatic carbocycles. The Kier molecular flexibility index (Phi) is 30.9. The summed E-state index contributed by atoms with van der Waals surface area (Å²) >= 11 is 0. The van der Waals surface area contributed by atoms with Crippen LogP contribution in [0.25, 0.3) is 0 Å². The van der Waals surface area contributed by atoms with Crippen LogP contribution in [0, 0.1) is 0 Å². The Bertz CT molecular complexity index is 886. The van der Waals surface area contributed by atoms with Gasteiger partial charge < -0.3 is 45.4 Å². The maximum Gasteiger partial charge on any atom is 0.249 e. The molecule has 0 aromatic heterocycles. The number of aliphatic hydroxyl groups excluding tert-OH is 6. The highest BCUT2D eigenvalue weighted by atomic mass is 16.7. The van der Waals surface area contributed by atoms with Gasteiger partial charge in [-0.3, -0.25) is 4.79 Å². The number of nitrogens with one attached hydrogen (secondary N) is 1. The van der Waals surface area contributed by atoms with E-state index in [2.05, 4.69) is 31.3 Å². The van der Waals surface area contributed by atoms with Gasteiger partial charge in [0.05, 0.1) is 25.4 Å². The molecule has 306 valence electrons. The first kappa shape index (κ1) is 48.6. The maximum absolute atomic E-state index is 13.0. The lowest BCUT2D eigenvalue weighted by Gasteiger charge is -2.40. The molecule has 1 fully saturated rings. The van der Waals surface area contributed by atoms with E-state index in [0.717, 1.165) is 32.1 Å². The number of ether oxygens (including phenoxy) is 2. The van der Waals surface area contributed by atoms with Crippen LogP contribution in [-0.2, 0) is 14.3 Å². The summed E-state index contributed by atoms with van der Waals surface area (Å²) in [5.41, 5.74) is 0. The van der Waals surface area contributed by atoms with E-state index < -0.39 is 61.5 Å². The molecule has 10 nitrogen and oxygen atoms in total. The second-order valence-corrected chi connectivity index (χ2v) is 14.9. The Morgan fingerprint density at radius 2 is 1.13 bits per heavy atom. The zero-order valence-electron chi connectivity index (χ0n) is 32.9. The van der Waals surface area contributed by atoms with Crippen LogP contribution in [0.3, 0.4) is 0 Å². The number of amides is 1. The van der Waals surface area contributed by atoms with E-state index in [1.54, 1.807) is 6.08 Å². The summed E-state index contributed by atoms with van der Waals surface area (Å²) in [4.78, 5) is 13.0. The molecule has 1 saturated heterocycles. The quantitative estimate of drug-likeness (QED) is 0.0274. The molecule has 7 N–H and O–H groups in total. The Labute approximate surface area is 316 Å². The minimum absolute atomic E-state index is 0.307. The van der Waals surface area contributed by atoms with Gasteiger partial charge in [0.25, 0.3) is 0 Å². The Balaban J connectivity index is 2.50. The van der Waals surface area contributed by atoms with E-state index in [1.807, 2.05) is 6.08 Å². The summed E-state index contributed by atoms with van der Waals surface area (Å²) in [6, 6.07) is -0.991. The van der Waals surface area contributed by atoms with Crippen LogP contribution in [0.2, 0.25) is 0 Å². The highest BCUT2D eigenvalue weighted by Crippen LogP contribution is 2.22. The molecule has 0 spiro atoms. The summed E-state index contributed by atoms with van der Waals surface area (Å²) < 4.78 is 11.1. The number of carbonyl (C=O) groups excluding carboxylic acids is 1. The van der Waals surface area contributed by atoms with Crippen LogP contribution in [0.4, 0.5) is 0 Å². The molecule has 1 amide bonds. The van der Waals surface area contributed by atoms with Crippen molar-refractivity contribution in [3.63, 3.8) is 0 Å². The van der Waals surface area contributed by atoms with Gasteiger partial charge in [0, 0.05) is 0 Å². The van der Waals surface area contributed by atoms with Gasteiger partial charge in [-0.25, -0.2) is 0 Å². The normalized spacial score (nSPS) is 22.7. The molecule has 52 heavy (non-hydrogen) atoms. The first-order valence-corrected chi connectivity index (χ1v) is 21.2. The van der Waals surface area contributed by atoms with Crippen LogP contribution in [0.1, 0.15) is 174 Å². The lowest BCUT2D eigenvalue weighted by atomic mass is 9.99. The average Bonchev–Trinajstić information content (AvgIpc) is 3.14. The van der Waals surface area contributed by atoms with Crippen LogP contribution >= 0.6 is 0 Å². The number of rotatable bonds is 34. The Hall–Kier alpha value is -1.37. The van der Waals surface area contributed by atoms with Gasteiger partial charge >= 0.3 is 0 Å². The molecule has 0 aromatic carbocycles. The van der Waals surface area contributed by atoms with E-state index in [1.165, 1.54) is 109 Å². The fraction of sp³-hybridized carbons (Fsp3) is 0.881. The third-order valence-corrected chi connectivity index (χ3v) is 10.1. The van der Waals surface area contributed by atoms with E-state index in [-0.39, 0.29) is 6.61 Å². The summed E-state index contributed by atoms with van der Waals surface area (Å²) in [6.45, 7) is 3.56. The van der Waals surface area contributed by atoms with Gasteiger partial charge in [0.15, 0.2) is 6.29 Å². The highest BCUT2D eigenvalue weighted by molar-refractivity contribution is 5.80. The van der Waals surface area contributed by atoms with Crippen molar-refractivity contribution in [1.29, 1.82) is 0 Å². The standard InChI is InChI=1S/C42H79NO9/c1-3-5-7-9-11-13-15-17-19-21-23-25-27-29-31-36(46)41(50)43-34(33-51-42-40(49)39(48)38(47)37(32-44)52-42)35(45)30-28-26-24-22-20-18-16-14-12-10-8-6-4-2/h20,22,28,30,34-40,42,44-49H,3-19,21,23-27,29,31-33H2,1-2H3,(H,43,50)/b22-20-,30-28+/t34-,35+,36?,37+,38+,39-,40+,42+/m0/s1. The second kappa shape index (κ2) is 33.0. The van der Waals surface area contributed by atoms with Gasteiger partial charge in [-0.15, -0.1) is 0 Å². The fourth-order valence-corrected chi connectivity index (χ4v) is 6.59. The molecule has 10 heteroatoms. The Morgan fingerprint density at radius 3 is 1.67 bits per heavy atom. The third kappa shape index (κ3) is 23.4. The van der Waals surface area contributed by atoms with Crippen molar-refractivity contribution in [1.82, 2.24) is 5.32 Å². The van der Waals surface area contributed by atoms with Crippen LogP contribution in [0.5, 0.6) is 0 Å². The number of allylic oxidation sites excluding steroid dienone is 3. The molecule has 1 aliphatic rings. The molecular formula is C42H79NO9. The third-order valence-electron chi connectivity index (χ3n) is 10.1. The number of unbranched alkanes of at least 4 members (excludes halogenated alkanes) is 21. The minimum atomic E-state index is -1.61. The SMILES string of the molecule is CCCCCCCCC/C=C\CC/C=C/[C@@H](O)[C@H](CO[C@@H]1O[C@H](CO)[C@@H](O)[C@H](O)[C@H]1O)NC(=O)C(O)CCCCCCCCCCCCCCCC. The molecule has 1 heterocycles. The van der Waals surface area contributed by atoms with E-state index >= 15 is 0 Å². The maximum atomic E-state index is 13.0. The van der Waals surface area contributed by atoms with E-state index in [4.69, 9.17) is 9.47 Å². The van der Waals surface area contributed by atoms with Gasteiger partial charge in [0.1, 0.15) is 30.5 Å². The van der Waals surface area contributed by atoms with Crippen molar-refractivity contribution in [3.05, 3.63) is 24.3 Å².